The molecule has 70 valence electrons. The van der Waals surface area contributed by atoms with E-state index >= 15 is 0 Å². The number of nitrogens with zero attached hydrogens (tertiary/aromatic N) is 1. The molecule has 3 heteroatoms. The van der Waals surface area contributed by atoms with E-state index < -0.39 is 5.95 Å². The van der Waals surface area contributed by atoms with Crippen molar-refractivity contribution in [1.82, 2.24) is 4.98 Å². The molecule has 0 bridgehead atoms. The molecular weight excluding hydrogens is 167 g/mol. The highest BCUT2D eigenvalue weighted by molar-refractivity contribution is 5.14. The van der Waals surface area contributed by atoms with Crippen LogP contribution in [0, 0.1) is 11.9 Å². The van der Waals surface area contributed by atoms with Crippen LogP contribution < -0.4 is 5.73 Å². The van der Waals surface area contributed by atoms with Crippen LogP contribution in [0.3, 0.4) is 0 Å². The minimum absolute atomic E-state index is 0.0283. The van der Waals surface area contributed by atoms with Crippen molar-refractivity contribution in [2.75, 3.05) is 0 Å². The molecule has 13 heavy (non-hydrogen) atoms. The van der Waals surface area contributed by atoms with Gasteiger partial charge in [-0.3, -0.25) is 0 Å². The normalized spacial score (nSPS) is 18.6. The van der Waals surface area contributed by atoms with Gasteiger partial charge in [0.25, 0.3) is 0 Å². The van der Waals surface area contributed by atoms with E-state index in [0.717, 1.165) is 17.9 Å². The van der Waals surface area contributed by atoms with E-state index in [1.54, 1.807) is 6.07 Å². The van der Waals surface area contributed by atoms with Gasteiger partial charge in [-0.2, -0.15) is 4.39 Å². The number of aromatic nitrogens is 1. The van der Waals surface area contributed by atoms with Gasteiger partial charge in [-0.1, -0.05) is 18.9 Å². The third kappa shape index (κ3) is 2.25. The Bertz CT molecular complexity index is 279. The first-order chi connectivity index (χ1) is 6.25. The first kappa shape index (κ1) is 8.63. The molecule has 1 saturated carbocycles. The van der Waals surface area contributed by atoms with Crippen molar-refractivity contribution in [1.29, 1.82) is 0 Å². The van der Waals surface area contributed by atoms with E-state index in [4.69, 9.17) is 5.73 Å². The molecule has 1 aliphatic carbocycles. The molecule has 2 rings (SSSR count). The van der Waals surface area contributed by atoms with Gasteiger partial charge in [-0.15, -0.1) is 0 Å². The summed E-state index contributed by atoms with van der Waals surface area (Å²) in [6.45, 7) is 0. The van der Waals surface area contributed by atoms with E-state index in [1.165, 1.54) is 25.1 Å². The van der Waals surface area contributed by atoms with Crippen molar-refractivity contribution in [3.63, 3.8) is 0 Å². The molecule has 0 saturated heterocycles. The molecule has 1 aliphatic rings. The molecule has 1 aromatic heterocycles. The molecule has 1 aromatic rings. The molecule has 1 atom stereocenters. The summed E-state index contributed by atoms with van der Waals surface area (Å²) in [5.74, 6) is 0.349. The lowest BCUT2D eigenvalue weighted by Gasteiger charge is -2.09. The topological polar surface area (TPSA) is 38.9 Å². The second kappa shape index (κ2) is 3.42. The maximum absolute atomic E-state index is 12.5. The number of pyridine rings is 1. The van der Waals surface area contributed by atoms with Gasteiger partial charge in [0.15, 0.2) is 0 Å². The summed E-state index contributed by atoms with van der Waals surface area (Å²) in [6, 6.07) is 3.11. The Hall–Kier alpha value is -0.960. The Morgan fingerprint density at radius 1 is 1.54 bits per heavy atom. The zero-order chi connectivity index (χ0) is 9.26. The van der Waals surface area contributed by atoms with Gasteiger partial charge >= 0.3 is 0 Å². The molecule has 1 heterocycles. The smallest absolute Gasteiger partial charge is 0.212 e. The molecule has 0 aliphatic heterocycles. The van der Waals surface area contributed by atoms with Crippen molar-refractivity contribution in [3.05, 3.63) is 29.8 Å². The van der Waals surface area contributed by atoms with Crippen molar-refractivity contribution in [2.24, 2.45) is 11.7 Å². The van der Waals surface area contributed by atoms with Crippen molar-refractivity contribution in [3.8, 4) is 0 Å². The second-order valence-corrected chi connectivity index (χ2v) is 3.70. The van der Waals surface area contributed by atoms with Crippen LogP contribution in [0.5, 0.6) is 0 Å². The fourth-order valence-corrected chi connectivity index (χ4v) is 1.46. The SMILES string of the molecule is N[C@H](CC1CC1)c1ccc(F)nc1. The lowest BCUT2D eigenvalue weighted by atomic mass is 10.0. The minimum Gasteiger partial charge on any atom is -0.324 e. The zero-order valence-electron chi connectivity index (χ0n) is 7.41. The van der Waals surface area contributed by atoms with Crippen LogP contribution in [-0.4, -0.2) is 4.98 Å². The average molecular weight is 180 g/mol. The summed E-state index contributed by atoms with van der Waals surface area (Å²) in [7, 11) is 0. The molecule has 1 fully saturated rings. The van der Waals surface area contributed by atoms with Crippen molar-refractivity contribution < 1.29 is 4.39 Å². The molecule has 0 spiro atoms. The maximum Gasteiger partial charge on any atom is 0.212 e. The Morgan fingerprint density at radius 2 is 2.31 bits per heavy atom. The van der Waals surface area contributed by atoms with E-state index in [1.807, 2.05) is 0 Å². The predicted molar refractivity (Wildman–Crippen MR) is 48.5 cm³/mol. The van der Waals surface area contributed by atoms with Gasteiger partial charge in [-0.05, 0) is 24.0 Å². The monoisotopic (exact) mass is 180 g/mol. The number of halogens is 1. The lowest BCUT2D eigenvalue weighted by Crippen LogP contribution is -2.11. The Kier molecular flexibility index (Phi) is 2.27. The largest absolute Gasteiger partial charge is 0.324 e. The quantitative estimate of drug-likeness (QED) is 0.723. The highest BCUT2D eigenvalue weighted by Gasteiger charge is 2.24. The fraction of sp³-hybridized carbons (Fsp3) is 0.500. The fourth-order valence-electron chi connectivity index (χ4n) is 1.46. The van der Waals surface area contributed by atoms with Gasteiger partial charge in [-0.25, -0.2) is 4.98 Å². The van der Waals surface area contributed by atoms with E-state index in [-0.39, 0.29) is 6.04 Å². The molecular formula is C10H13FN2. The second-order valence-electron chi connectivity index (χ2n) is 3.70. The molecule has 2 nitrogen and oxygen atoms in total. The van der Waals surface area contributed by atoms with Crippen LogP contribution in [-0.2, 0) is 0 Å². The van der Waals surface area contributed by atoms with Crippen LogP contribution >= 0.6 is 0 Å². The lowest BCUT2D eigenvalue weighted by molar-refractivity contribution is 0.567. The van der Waals surface area contributed by atoms with Crippen LogP contribution in [0.4, 0.5) is 4.39 Å². The highest BCUT2D eigenvalue weighted by Crippen LogP contribution is 2.36. The average Bonchev–Trinajstić information content (AvgIpc) is 2.89. The standard InChI is InChI=1S/C10H13FN2/c11-10-4-3-8(6-13-10)9(12)5-7-1-2-7/h3-4,6-7,9H,1-2,5,12H2/t9-/m1/s1. The third-order valence-corrected chi connectivity index (χ3v) is 2.46. The van der Waals surface area contributed by atoms with E-state index in [2.05, 4.69) is 4.98 Å². The minimum atomic E-state index is -0.442. The molecule has 0 amide bonds. The van der Waals surface area contributed by atoms with Crippen molar-refractivity contribution >= 4 is 0 Å². The highest BCUT2D eigenvalue weighted by atomic mass is 19.1. The first-order valence-electron chi connectivity index (χ1n) is 4.63. The van der Waals surface area contributed by atoms with Crippen LogP contribution in [0.15, 0.2) is 18.3 Å². The van der Waals surface area contributed by atoms with Gasteiger partial charge in [0, 0.05) is 12.2 Å². The summed E-state index contributed by atoms with van der Waals surface area (Å²) < 4.78 is 12.5. The van der Waals surface area contributed by atoms with E-state index in [0.29, 0.717) is 0 Å². The summed E-state index contributed by atoms with van der Waals surface area (Å²) in [6.07, 6.45) is 5.13. The Labute approximate surface area is 77.0 Å². The summed E-state index contributed by atoms with van der Waals surface area (Å²) in [5.41, 5.74) is 6.86. The van der Waals surface area contributed by atoms with E-state index in [9.17, 15) is 4.39 Å². The summed E-state index contributed by atoms with van der Waals surface area (Å²) in [5, 5.41) is 0. The maximum atomic E-state index is 12.5. The first-order valence-corrected chi connectivity index (χ1v) is 4.63. The molecule has 0 radical (unpaired) electrons. The Morgan fingerprint density at radius 3 is 2.85 bits per heavy atom. The van der Waals surface area contributed by atoms with Crippen LogP contribution in [0.25, 0.3) is 0 Å². The van der Waals surface area contributed by atoms with Crippen LogP contribution in [0.1, 0.15) is 30.9 Å². The predicted octanol–water partition coefficient (Wildman–Crippen LogP) is 2.02. The summed E-state index contributed by atoms with van der Waals surface area (Å²) >= 11 is 0. The van der Waals surface area contributed by atoms with Gasteiger partial charge in [0.1, 0.15) is 0 Å². The Balaban J connectivity index is 2.01. The number of rotatable bonds is 3. The third-order valence-electron chi connectivity index (χ3n) is 2.46. The van der Waals surface area contributed by atoms with Gasteiger partial charge in [0.05, 0.1) is 0 Å². The van der Waals surface area contributed by atoms with Gasteiger partial charge < -0.3 is 5.73 Å². The molecule has 0 unspecified atom stereocenters. The molecule has 2 N–H and O–H groups in total. The molecule has 0 aromatic carbocycles. The van der Waals surface area contributed by atoms with Crippen LogP contribution in [0.2, 0.25) is 0 Å². The number of hydrogen-bond donors (Lipinski definition) is 1. The van der Waals surface area contributed by atoms with Crippen molar-refractivity contribution in [2.45, 2.75) is 25.3 Å². The number of hydrogen-bond acceptors (Lipinski definition) is 2. The number of nitrogens with two attached hydrogens (primary N) is 1. The zero-order valence-corrected chi connectivity index (χ0v) is 7.41. The van der Waals surface area contributed by atoms with Gasteiger partial charge in [0.2, 0.25) is 5.95 Å². The summed E-state index contributed by atoms with van der Waals surface area (Å²) in [4.78, 5) is 3.58.